The highest BCUT2D eigenvalue weighted by atomic mass is 16.6. The van der Waals surface area contributed by atoms with Crippen molar-refractivity contribution in [3.05, 3.63) is 35.0 Å². The zero-order valence-electron chi connectivity index (χ0n) is 14.6. The molecule has 2 heterocycles. The Kier molecular flexibility index (Phi) is 6.91. The number of aliphatic hydroxyl groups is 3. The van der Waals surface area contributed by atoms with Crippen molar-refractivity contribution >= 4 is 11.8 Å². The van der Waals surface area contributed by atoms with Gasteiger partial charge in [-0.15, -0.1) is 4.91 Å². The topological polar surface area (TPSA) is 161 Å². The minimum absolute atomic E-state index is 0.150. The first kappa shape index (κ1) is 20.8. The number of ketones is 1. The van der Waals surface area contributed by atoms with Crippen LogP contribution < -0.4 is 4.57 Å². The van der Waals surface area contributed by atoms with Gasteiger partial charge in [0.05, 0.1) is 10.8 Å². The fraction of sp³-hybridized carbons (Fsp3) is 0.562. The summed E-state index contributed by atoms with van der Waals surface area (Å²) in [7, 11) is 1.49. The van der Waals surface area contributed by atoms with Gasteiger partial charge in [-0.3, -0.25) is 9.80 Å². The Balaban J connectivity index is 2.14. The summed E-state index contributed by atoms with van der Waals surface area (Å²) in [6, 6.07) is 3.05. The standard InChI is InChI=1S/C16H21N3O8/c1-18(17-26)6-3-5-10(20)9-4-2-7-19(8-9)15-13(23)11(21)12(22)14(27-15)16(24)25/h2,4,7-8,11-15,21-23H,3,5-6H2,1H3/p+1. The van der Waals surface area contributed by atoms with Crippen LogP contribution in [-0.2, 0) is 9.53 Å². The van der Waals surface area contributed by atoms with Crippen LogP contribution in [0.5, 0.6) is 0 Å². The highest BCUT2D eigenvalue weighted by Crippen LogP contribution is 2.25. The van der Waals surface area contributed by atoms with E-state index in [1.165, 1.54) is 41.2 Å². The Labute approximate surface area is 154 Å². The molecule has 0 spiro atoms. The van der Waals surface area contributed by atoms with Gasteiger partial charge in [0.15, 0.2) is 30.4 Å². The summed E-state index contributed by atoms with van der Waals surface area (Å²) in [5, 5.41) is 42.8. The molecule has 1 saturated heterocycles. The third kappa shape index (κ3) is 4.83. The zero-order valence-corrected chi connectivity index (χ0v) is 14.6. The Morgan fingerprint density at radius 3 is 2.59 bits per heavy atom. The highest BCUT2D eigenvalue weighted by molar-refractivity contribution is 5.95. The lowest BCUT2D eigenvalue weighted by atomic mass is 9.97. The lowest BCUT2D eigenvalue weighted by molar-refractivity contribution is -0.777. The average Bonchev–Trinajstić information content (AvgIpc) is 2.65. The van der Waals surface area contributed by atoms with Gasteiger partial charge >= 0.3 is 5.97 Å². The first-order chi connectivity index (χ1) is 12.8. The number of pyridine rings is 1. The van der Waals surface area contributed by atoms with Crippen molar-refractivity contribution in [2.75, 3.05) is 13.6 Å². The molecular formula is C16H22N3O8+. The molecule has 1 aromatic heterocycles. The quantitative estimate of drug-likeness (QED) is 0.183. The van der Waals surface area contributed by atoms with Crippen LogP contribution in [0, 0.1) is 4.91 Å². The second kappa shape index (κ2) is 8.95. The number of carbonyl (C=O) groups excluding carboxylic acids is 1. The molecule has 11 heteroatoms. The molecule has 0 saturated carbocycles. The second-order valence-corrected chi connectivity index (χ2v) is 6.29. The molecule has 1 aliphatic rings. The van der Waals surface area contributed by atoms with Crippen molar-refractivity contribution in [3.8, 4) is 0 Å². The number of carbonyl (C=O) groups is 2. The number of hydrogen-bond donors (Lipinski definition) is 4. The molecule has 0 amide bonds. The van der Waals surface area contributed by atoms with Crippen LogP contribution >= 0.6 is 0 Å². The lowest BCUT2D eigenvalue weighted by Gasteiger charge is -2.35. The van der Waals surface area contributed by atoms with E-state index < -0.39 is 36.6 Å². The summed E-state index contributed by atoms with van der Waals surface area (Å²) in [6.07, 6.45) is -4.79. The van der Waals surface area contributed by atoms with Gasteiger partial charge in [0, 0.05) is 26.1 Å². The van der Waals surface area contributed by atoms with E-state index in [0.29, 0.717) is 13.0 Å². The van der Waals surface area contributed by atoms with E-state index >= 15 is 0 Å². The molecule has 5 unspecified atom stereocenters. The minimum atomic E-state index is -1.79. The molecule has 0 aliphatic carbocycles. The fourth-order valence-electron chi connectivity index (χ4n) is 2.78. The largest absolute Gasteiger partial charge is 0.479 e. The number of aliphatic carboxylic acids is 1. The highest BCUT2D eigenvalue weighted by Gasteiger charge is 2.51. The molecule has 0 radical (unpaired) electrons. The molecule has 4 N–H and O–H groups in total. The van der Waals surface area contributed by atoms with Gasteiger partial charge < -0.3 is 25.2 Å². The van der Waals surface area contributed by atoms with E-state index in [-0.39, 0.29) is 17.8 Å². The summed E-state index contributed by atoms with van der Waals surface area (Å²) in [5.74, 6) is -1.72. The summed E-state index contributed by atoms with van der Waals surface area (Å²) in [6.45, 7) is 0.316. The second-order valence-electron chi connectivity index (χ2n) is 6.29. The Hall–Kier alpha value is -2.47. The molecule has 0 bridgehead atoms. The number of ether oxygens (including phenoxy) is 1. The van der Waals surface area contributed by atoms with Crippen LogP contribution in [-0.4, -0.2) is 75.2 Å². The molecular weight excluding hydrogens is 362 g/mol. The van der Waals surface area contributed by atoms with E-state index in [1.54, 1.807) is 0 Å². The summed E-state index contributed by atoms with van der Waals surface area (Å²) in [4.78, 5) is 33.8. The number of nitrogens with zero attached hydrogens (tertiary/aromatic N) is 3. The number of nitroso groups, excluding NO2 is 1. The third-order valence-electron chi connectivity index (χ3n) is 4.29. The first-order valence-corrected chi connectivity index (χ1v) is 8.27. The van der Waals surface area contributed by atoms with Crippen LogP contribution in [0.25, 0.3) is 0 Å². The monoisotopic (exact) mass is 384 g/mol. The normalized spacial score (nSPS) is 27.8. The van der Waals surface area contributed by atoms with E-state index in [4.69, 9.17) is 9.84 Å². The maximum atomic E-state index is 12.3. The SMILES string of the molecule is CN(CCCC(=O)c1ccc[n+](C2OC(C(=O)O)C(O)C(O)C2O)c1)N=O. The molecule has 148 valence electrons. The average molecular weight is 384 g/mol. The van der Waals surface area contributed by atoms with Crippen molar-refractivity contribution in [1.82, 2.24) is 5.01 Å². The number of aliphatic hydroxyl groups excluding tert-OH is 3. The molecule has 1 aliphatic heterocycles. The van der Waals surface area contributed by atoms with E-state index in [1.807, 2.05) is 0 Å². The van der Waals surface area contributed by atoms with Crippen LogP contribution in [0.2, 0.25) is 0 Å². The summed E-state index contributed by atoms with van der Waals surface area (Å²) in [5.41, 5.74) is 0.280. The van der Waals surface area contributed by atoms with Crippen LogP contribution in [0.4, 0.5) is 0 Å². The molecule has 11 nitrogen and oxygen atoms in total. The molecule has 1 aromatic rings. The molecule has 1 fully saturated rings. The number of carboxylic acids is 1. The summed E-state index contributed by atoms with van der Waals surface area (Å²) >= 11 is 0. The van der Waals surface area contributed by atoms with Crippen LogP contribution in [0.1, 0.15) is 29.4 Å². The first-order valence-electron chi connectivity index (χ1n) is 8.27. The Morgan fingerprint density at radius 1 is 1.26 bits per heavy atom. The number of rotatable bonds is 8. The summed E-state index contributed by atoms with van der Waals surface area (Å²) < 4.78 is 6.49. The van der Waals surface area contributed by atoms with Crippen molar-refractivity contribution in [2.24, 2.45) is 5.29 Å². The lowest BCUT2D eigenvalue weighted by Crippen LogP contribution is -2.63. The number of carboxylic acid groups (broad SMARTS) is 1. The number of hydrogen-bond acceptors (Lipinski definition) is 8. The van der Waals surface area contributed by atoms with E-state index in [9.17, 15) is 29.8 Å². The van der Waals surface area contributed by atoms with E-state index in [2.05, 4.69) is 5.29 Å². The van der Waals surface area contributed by atoms with Gasteiger partial charge in [-0.2, -0.15) is 4.57 Å². The number of Topliss-reactive ketones (excluding diaryl/α,β-unsaturated/α-hetero) is 1. The van der Waals surface area contributed by atoms with Gasteiger partial charge in [-0.05, 0) is 12.5 Å². The van der Waals surface area contributed by atoms with E-state index in [0.717, 1.165) is 0 Å². The van der Waals surface area contributed by atoms with Crippen molar-refractivity contribution in [3.63, 3.8) is 0 Å². The fourth-order valence-corrected chi connectivity index (χ4v) is 2.78. The van der Waals surface area contributed by atoms with Gasteiger partial charge in [0.25, 0.3) is 6.23 Å². The molecule has 27 heavy (non-hydrogen) atoms. The Bertz CT molecular complexity index is 700. The van der Waals surface area contributed by atoms with Crippen LogP contribution in [0.3, 0.4) is 0 Å². The van der Waals surface area contributed by atoms with Crippen LogP contribution in [0.15, 0.2) is 29.8 Å². The molecule has 0 aromatic carbocycles. The molecule has 2 rings (SSSR count). The van der Waals surface area contributed by atoms with Gasteiger partial charge in [0.2, 0.25) is 0 Å². The smallest absolute Gasteiger partial charge is 0.335 e. The van der Waals surface area contributed by atoms with Crippen molar-refractivity contribution in [2.45, 2.75) is 43.5 Å². The maximum absolute atomic E-state index is 12.3. The minimum Gasteiger partial charge on any atom is -0.479 e. The third-order valence-corrected chi connectivity index (χ3v) is 4.29. The predicted molar refractivity (Wildman–Crippen MR) is 88.2 cm³/mol. The predicted octanol–water partition coefficient (Wildman–Crippen LogP) is -1.39. The van der Waals surface area contributed by atoms with Crippen molar-refractivity contribution < 1.29 is 39.3 Å². The number of aromatic nitrogens is 1. The van der Waals surface area contributed by atoms with Crippen molar-refractivity contribution in [1.29, 1.82) is 0 Å². The molecule has 5 atom stereocenters. The van der Waals surface area contributed by atoms with Gasteiger partial charge in [0.1, 0.15) is 12.2 Å². The maximum Gasteiger partial charge on any atom is 0.335 e. The Morgan fingerprint density at radius 2 is 1.96 bits per heavy atom. The van der Waals surface area contributed by atoms with Gasteiger partial charge in [-0.1, -0.05) is 0 Å². The zero-order chi connectivity index (χ0) is 20.1. The van der Waals surface area contributed by atoms with Gasteiger partial charge in [-0.25, -0.2) is 4.79 Å².